The number of nitrogen functional groups attached to an aromatic ring is 1. The standard InChI is InChI=1S/C33H39FN6O/c1-20(2)27(13-11-25-9-7-8-16-36-25)28-14-12-26(19-29(28)38-35)37-30-18-24(22(4)23(5)33(30)34)10-15-32(41)31-17-21(3)39-40(31)6/h7-9,11-14,16-19,30,33,37-38H,10,15,35H2,1-6H3. The van der Waals surface area contributed by atoms with E-state index < -0.39 is 12.2 Å². The highest BCUT2D eigenvalue weighted by Gasteiger charge is 2.28. The van der Waals surface area contributed by atoms with Crippen LogP contribution < -0.4 is 16.6 Å². The molecule has 1 aliphatic carbocycles. The van der Waals surface area contributed by atoms with E-state index in [2.05, 4.69) is 20.8 Å². The van der Waals surface area contributed by atoms with Gasteiger partial charge in [0.1, 0.15) is 11.9 Å². The largest absolute Gasteiger partial charge is 0.375 e. The average molecular weight is 555 g/mol. The van der Waals surface area contributed by atoms with E-state index in [9.17, 15) is 4.79 Å². The van der Waals surface area contributed by atoms with Gasteiger partial charge in [-0.3, -0.25) is 20.3 Å². The van der Waals surface area contributed by atoms with E-state index in [0.717, 1.165) is 44.9 Å². The van der Waals surface area contributed by atoms with Crippen molar-refractivity contribution in [1.29, 1.82) is 0 Å². The van der Waals surface area contributed by atoms with Gasteiger partial charge in [0.25, 0.3) is 0 Å². The fraction of sp³-hybridized carbons (Fsp3) is 0.303. The van der Waals surface area contributed by atoms with Gasteiger partial charge in [-0.15, -0.1) is 0 Å². The lowest BCUT2D eigenvalue weighted by Gasteiger charge is -2.29. The summed E-state index contributed by atoms with van der Waals surface area (Å²) in [7, 11) is 1.77. The predicted octanol–water partition coefficient (Wildman–Crippen LogP) is 6.97. The Hall–Kier alpha value is -4.30. The summed E-state index contributed by atoms with van der Waals surface area (Å²) >= 11 is 0. The molecule has 3 aromatic rings. The maximum atomic E-state index is 15.5. The molecule has 2 unspecified atom stereocenters. The number of alkyl halides is 1. The Kier molecular flexibility index (Phi) is 9.35. The number of nitrogens with one attached hydrogen (secondary N) is 2. The van der Waals surface area contributed by atoms with Crippen molar-refractivity contribution in [3.63, 3.8) is 0 Å². The molecule has 0 saturated carbocycles. The highest BCUT2D eigenvalue weighted by atomic mass is 19.1. The van der Waals surface area contributed by atoms with Gasteiger partial charge in [0, 0.05) is 30.9 Å². The van der Waals surface area contributed by atoms with Crippen LogP contribution >= 0.6 is 0 Å². The van der Waals surface area contributed by atoms with E-state index in [-0.39, 0.29) is 5.78 Å². The van der Waals surface area contributed by atoms with Crippen molar-refractivity contribution in [2.24, 2.45) is 12.9 Å². The number of pyridine rings is 1. The molecule has 0 bridgehead atoms. The topological polar surface area (TPSA) is 97.9 Å². The van der Waals surface area contributed by atoms with E-state index in [1.165, 1.54) is 0 Å². The smallest absolute Gasteiger partial charge is 0.181 e. The lowest BCUT2D eigenvalue weighted by Crippen LogP contribution is -2.33. The van der Waals surface area contributed by atoms with Gasteiger partial charge in [0.15, 0.2) is 5.78 Å². The van der Waals surface area contributed by atoms with E-state index >= 15 is 4.39 Å². The summed E-state index contributed by atoms with van der Waals surface area (Å²) in [6.45, 7) is 9.70. The molecule has 0 aliphatic heterocycles. The molecule has 0 fully saturated rings. The zero-order valence-corrected chi connectivity index (χ0v) is 24.6. The lowest BCUT2D eigenvalue weighted by molar-refractivity contribution is 0.0974. The number of nitrogens with two attached hydrogens (primary N) is 1. The van der Waals surface area contributed by atoms with E-state index in [1.807, 2.05) is 89.2 Å². The highest BCUT2D eigenvalue weighted by Crippen LogP contribution is 2.34. The second-order valence-electron chi connectivity index (χ2n) is 10.7. The molecule has 4 rings (SSSR count). The SMILES string of the molecule is CC(C)=C(C=Cc1ccccn1)c1ccc(NC2C=C(CCC(=O)c3cc(C)nn3C)C(C)=C(C)C2F)cc1NN. The fourth-order valence-corrected chi connectivity index (χ4v) is 5.14. The Morgan fingerprint density at radius 1 is 1.15 bits per heavy atom. The van der Waals surface area contributed by atoms with Crippen LogP contribution in [0.4, 0.5) is 15.8 Å². The van der Waals surface area contributed by atoms with Crippen LogP contribution in [-0.4, -0.2) is 32.8 Å². The summed E-state index contributed by atoms with van der Waals surface area (Å²) in [5.41, 5.74) is 12.1. The molecule has 1 aliphatic rings. The molecular weight excluding hydrogens is 515 g/mol. The van der Waals surface area contributed by atoms with Crippen molar-refractivity contribution in [2.45, 2.75) is 59.7 Å². The monoisotopic (exact) mass is 554 g/mol. The number of Topliss-reactive ketones (excluding diaryl/α,β-unsaturated/α-hetero) is 1. The first-order valence-corrected chi connectivity index (χ1v) is 13.8. The molecule has 8 heteroatoms. The van der Waals surface area contributed by atoms with Crippen LogP contribution in [0.1, 0.15) is 68.0 Å². The number of aromatic nitrogens is 3. The highest BCUT2D eigenvalue weighted by molar-refractivity contribution is 5.94. The molecule has 214 valence electrons. The van der Waals surface area contributed by atoms with Gasteiger partial charge in [-0.1, -0.05) is 29.9 Å². The molecule has 4 N–H and O–H groups in total. The summed E-state index contributed by atoms with van der Waals surface area (Å²) < 4.78 is 17.1. The average Bonchev–Trinajstić information content (AvgIpc) is 3.31. The minimum atomic E-state index is -1.20. The van der Waals surface area contributed by atoms with Gasteiger partial charge < -0.3 is 10.7 Å². The van der Waals surface area contributed by atoms with E-state index in [4.69, 9.17) is 5.84 Å². The van der Waals surface area contributed by atoms with Crippen LogP contribution in [-0.2, 0) is 7.05 Å². The first-order valence-electron chi connectivity index (χ1n) is 13.8. The predicted molar refractivity (Wildman–Crippen MR) is 166 cm³/mol. The molecule has 0 amide bonds. The second-order valence-corrected chi connectivity index (χ2v) is 10.7. The second kappa shape index (κ2) is 12.9. The molecule has 2 atom stereocenters. The summed E-state index contributed by atoms with van der Waals surface area (Å²) in [5.74, 6) is 5.97. The Morgan fingerprint density at radius 3 is 2.56 bits per heavy atom. The third-order valence-corrected chi connectivity index (χ3v) is 7.54. The molecule has 2 aromatic heterocycles. The van der Waals surface area contributed by atoms with Gasteiger partial charge in [0.05, 0.1) is 23.1 Å². The molecule has 0 spiro atoms. The van der Waals surface area contributed by atoms with Crippen molar-refractivity contribution < 1.29 is 9.18 Å². The summed E-state index contributed by atoms with van der Waals surface area (Å²) in [6.07, 6.45) is 7.32. The van der Waals surface area contributed by atoms with Crippen molar-refractivity contribution in [1.82, 2.24) is 14.8 Å². The maximum absolute atomic E-state index is 15.5. The summed E-state index contributed by atoms with van der Waals surface area (Å²) in [4.78, 5) is 17.2. The molecule has 0 saturated heterocycles. The van der Waals surface area contributed by atoms with Crippen LogP contribution in [0.5, 0.6) is 0 Å². The van der Waals surface area contributed by atoms with Crippen LogP contribution in [0.3, 0.4) is 0 Å². The first kappa shape index (κ1) is 29.7. The van der Waals surface area contributed by atoms with Crippen LogP contribution in [0.2, 0.25) is 0 Å². The van der Waals surface area contributed by atoms with Crippen LogP contribution in [0, 0.1) is 6.92 Å². The van der Waals surface area contributed by atoms with Gasteiger partial charge in [-0.2, -0.15) is 5.10 Å². The number of rotatable bonds is 10. The summed E-state index contributed by atoms with van der Waals surface area (Å²) in [6, 6.07) is 12.8. The molecule has 7 nitrogen and oxygen atoms in total. The number of nitrogens with zero attached hydrogens (tertiary/aromatic N) is 3. The van der Waals surface area contributed by atoms with Crippen LogP contribution in [0.25, 0.3) is 11.6 Å². The van der Waals surface area contributed by atoms with Crippen molar-refractivity contribution in [2.75, 3.05) is 10.7 Å². The number of carbonyl (C=O) groups is 1. The third-order valence-electron chi connectivity index (χ3n) is 7.54. The molecule has 2 heterocycles. The third kappa shape index (κ3) is 6.89. The molecule has 0 radical (unpaired) electrons. The number of halogens is 1. The number of hydrogen-bond donors (Lipinski definition) is 3. The van der Waals surface area contributed by atoms with Gasteiger partial charge in [0.2, 0.25) is 0 Å². The quantitative estimate of drug-likeness (QED) is 0.108. The number of hydrazine groups is 1. The number of hydrogen-bond acceptors (Lipinski definition) is 6. The van der Waals surface area contributed by atoms with Crippen LogP contribution in [0.15, 0.2) is 83.1 Å². The van der Waals surface area contributed by atoms with Crippen molar-refractivity contribution in [3.8, 4) is 0 Å². The minimum absolute atomic E-state index is 0.0211. The van der Waals surface area contributed by atoms with E-state index in [1.54, 1.807) is 24.0 Å². The first-order chi connectivity index (χ1) is 19.6. The summed E-state index contributed by atoms with van der Waals surface area (Å²) in [5, 5.41) is 7.62. The Bertz CT molecular complexity index is 1540. The number of aryl methyl sites for hydroxylation is 2. The minimum Gasteiger partial charge on any atom is -0.375 e. The molecule has 41 heavy (non-hydrogen) atoms. The number of ketones is 1. The van der Waals surface area contributed by atoms with Crippen molar-refractivity contribution in [3.05, 3.63) is 106 Å². The Balaban J connectivity index is 1.54. The lowest BCUT2D eigenvalue weighted by atomic mass is 9.85. The normalized spacial score (nSPS) is 17.0. The number of allylic oxidation sites excluding steroid dienone is 5. The van der Waals surface area contributed by atoms with Gasteiger partial charge >= 0.3 is 0 Å². The van der Waals surface area contributed by atoms with Crippen molar-refractivity contribution >= 4 is 28.8 Å². The number of benzene rings is 1. The fourth-order valence-electron chi connectivity index (χ4n) is 5.14. The van der Waals surface area contributed by atoms with Gasteiger partial charge in [-0.05, 0) is 99.7 Å². The molecule has 1 aromatic carbocycles. The Labute approximate surface area is 241 Å². The number of anilines is 2. The van der Waals surface area contributed by atoms with Gasteiger partial charge in [-0.25, -0.2) is 4.39 Å². The zero-order chi connectivity index (χ0) is 29.7. The number of carbonyl (C=O) groups excluding carboxylic acids is 1. The maximum Gasteiger partial charge on any atom is 0.181 e. The Morgan fingerprint density at radius 2 is 1.93 bits per heavy atom. The van der Waals surface area contributed by atoms with E-state index in [0.29, 0.717) is 29.8 Å². The zero-order valence-electron chi connectivity index (χ0n) is 24.6. The molecular formula is C33H39FN6O.